The molecule has 0 bridgehead atoms. The van der Waals surface area contributed by atoms with E-state index in [9.17, 15) is 4.79 Å². The van der Waals surface area contributed by atoms with Gasteiger partial charge >= 0.3 is 5.97 Å². The van der Waals surface area contributed by atoms with Gasteiger partial charge in [-0.05, 0) is 40.0 Å². The Labute approximate surface area is 96.8 Å². The van der Waals surface area contributed by atoms with Crippen LogP contribution in [0.15, 0.2) is 16.6 Å². The number of ether oxygens (including phenoxy) is 1. The monoisotopic (exact) mass is 267 g/mol. The number of benzene rings is 1. The first-order valence-electron chi connectivity index (χ1n) is 4.34. The van der Waals surface area contributed by atoms with Crippen LogP contribution in [0.25, 0.3) is 0 Å². The number of carbonyl (C=O) groups is 1. The molecule has 0 aliphatic rings. The molecule has 0 N–H and O–H groups in total. The highest BCUT2D eigenvalue weighted by Gasteiger charge is 2.08. The fourth-order valence-electron chi connectivity index (χ4n) is 1.27. The summed E-state index contributed by atoms with van der Waals surface area (Å²) in [6.45, 7) is 1.88. The highest BCUT2D eigenvalue weighted by atomic mass is 79.9. The third kappa shape index (κ3) is 2.80. The van der Waals surface area contributed by atoms with Crippen molar-refractivity contribution in [3.63, 3.8) is 0 Å². The molecule has 0 unspecified atom stereocenters. The van der Waals surface area contributed by atoms with Crippen LogP contribution in [0.4, 0.5) is 0 Å². The van der Waals surface area contributed by atoms with Crippen LogP contribution in [0.2, 0.25) is 0 Å². The topological polar surface area (TPSA) is 50.1 Å². The summed E-state index contributed by atoms with van der Waals surface area (Å²) in [5, 5.41) is 8.86. The van der Waals surface area contributed by atoms with Gasteiger partial charge in [-0.3, -0.25) is 4.79 Å². The van der Waals surface area contributed by atoms with Gasteiger partial charge in [0, 0.05) is 4.47 Å². The molecular weight excluding hydrogens is 258 g/mol. The molecule has 1 rings (SSSR count). The molecule has 0 saturated carbocycles. The number of hydrogen-bond donors (Lipinski definition) is 0. The summed E-state index contributed by atoms with van der Waals surface area (Å²) in [6, 6.07) is 5.62. The number of nitriles is 1. The summed E-state index contributed by atoms with van der Waals surface area (Å²) in [5.41, 5.74) is 2.26. The number of aryl methyl sites for hydroxylation is 1. The van der Waals surface area contributed by atoms with Crippen molar-refractivity contribution in [3.8, 4) is 6.07 Å². The van der Waals surface area contributed by atoms with Crippen LogP contribution in [-0.2, 0) is 16.0 Å². The number of carbonyl (C=O) groups excluding carboxylic acids is 1. The van der Waals surface area contributed by atoms with E-state index in [4.69, 9.17) is 5.26 Å². The van der Waals surface area contributed by atoms with E-state index in [1.54, 1.807) is 6.07 Å². The van der Waals surface area contributed by atoms with Crippen molar-refractivity contribution in [2.75, 3.05) is 7.11 Å². The Balaban J connectivity index is 3.07. The number of hydrogen-bond acceptors (Lipinski definition) is 3. The van der Waals surface area contributed by atoms with Crippen LogP contribution in [0.3, 0.4) is 0 Å². The van der Waals surface area contributed by atoms with Crippen LogP contribution in [-0.4, -0.2) is 13.1 Å². The lowest BCUT2D eigenvalue weighted by Gasteiger charge is -2.05. The van der Waals surface area contributed by atoms with Crippen LogP contribution < -0.4 is 0 Å². The standard InChI is InChI=1S/C11H10BrNO2/c1-7-3-8(5-10(14)15-2)4-9(6-13)11(7)12/h3-4H,5H2,1-2H3. The zero-order valence-electron chi connectivity index (χ0n) is 8.50. The Morgan fingerprint density at radius 2 is 2.27 bits per heavy atom. The molecule has 0 aromatic heterocycles. The molecule has 4 heteroatoms. The Bertz CT molecular complexity index is 435. The normalized spacial score (nSPS) is 9.47. The molecule has 15 heavy (non-hydrogen) atoms. The van der Waals surface area contributed by atoms with Gasteiger partial charge in [0.25, 0.3) is 0 Å². The van der Waals surface area contributed by atoms with Gasteiger partial charge in [-0.1, -0.05) is 6.07 Å². The van der Waals surface area contributed by atoms with Gasteiger partial charge in [-0.25, -0.2) is 0 Å². The van der Waals surface area contributed by atoms with E-state index in [2.05, 4.69) is 26.7 Å². The highest BCUT2D eigenvalue weighted by Crippen LogP contribution is 2.22. The highest BCUT2D eigenvalue weighted by molar-refractivity contribution is 9.10. The fraction of sp³-hybridized carbons (Fsp3) is 0.273. The van der Waals surface area contributed by atoms with Crippen molar-refractivity contribution in [2.24, 2.45) is 0 Å². The number of rotatable bonds is 2. The van der Waals surface area contributed by atoms with Crippen molar-refractivity contribution in [1.82, 2.24) is 0 Å². The lowest BCUT2D eigenvalue weighted by molar-refractivity contribution is -0.139. The van der Waals surface area contributed by atoms with Crippen molar-refractivity contribution < 1.29 is 9.53 Å². The van der Waals surface area contributed by atoms with E-state index < -0.39 is 0 Å². The van der Waals surface area contributed by atoms with Gasteiger partial charge in [-0.15, -0.1) is 0 Å². The first-order valence-corrected chi connectivity index (χ1v) is 5.13. The lowest BCUT2D eigenvalue weighted by atomic mass is 10.1. The summed E-state index contributed by atoms with van der Waals surface area (Å²) in [6.07, 6.45) is 0.194. The van der Waals surface area contributed by atoms with Gasteiger partial charge < -0.3 is 4.74 Å². The molecule has 0 fully saturated rings. The molecule has 0 heterocycles. The minimum Gasteiger partial charge on any atom is -0.469 e. The van der Waals surface area contributed by atoms with E-state index in [1.807, 2.05) is 13.0 Å². The second kappa shape index (κ2) is 4.94. The number of methoxy groups -OCH3 is 1. The minimum atomic E-state index is -0.305. The van der Waals surface area contributed by atoms with Crippen LogP contribution in [0.5, 0.6) is 0 Å². The van der Waals surface area contributed by atoms with E-state index in [-0.39, 0.29) is 12.4 Å². The molecule has 0 aliphatic heterocycles. The molecule has 0 radical (unpaired) electrons. The second-order valence-electron chi connectivity index (χ2n) is 3.14. The molecule has 3 nitrogen and oxygen atoms in total. The third-order valence-corrected chi connectivity index (χ3v) is 3.06. The van der Waals surface area contributed by atoms with Crippen molar-refractivity contribution in [3.05, 3.63) is 33.3 Å². The fourth-order valence-corrected chi connectivity index (χ4v) is 1.58. The van der Waals surface area contributed by atoms with E-state index in [1.165, 1.54) is 7.11 Å². The maximum atomic E-state index is 11.1. The maximum absolute atomic E-state index is 11.1. The average Bonchev–Trinajstić information content (AvgIpc) is 2.22. The van der Waals surface area contributed by atoms with Gasteiger partial charge in [-0.2, -0.15) is 5.26 Å². The van der Waals surface area contributed by atoms with Gasteiger partial charge in [0.05, 0.1) is 19.1 Å². The van der Waals surface area contributed by atoms with E-state index in [0.29, 0.717) is 5.56 Å². The van der Waals surface area contributed by atoms with Crippen molar-refractivity contribution >= 4 is 21.9 Å². The van der Waals surface area contributed by atoms with Crippen molar-refractivity contribution in [2.45, 2.75) is 13.3 Å². The first kappa shape index (κ1) is 11.7. The number of nitrogens with zero attached hydrogens (tertiary/aromatic N) is 1. The first-order chi connectivity index (χ1) is 7.08. The van der Waals surface area contributed by atoms with Crippen LogP contribution >= 0.6 is 15.9 Å². The summed E-state index contributed by atoms with van der Waals surface area (Å²) in [4.78, 5) is 11.1. The largest absolute Gasteiger partial charge is 0.469 e. The molecule has 1 aromatic rings. The quantitative estimate of drug-likeness (QED) is 0.773. The van der Waals surface area contributed by atoms with E-state index >= 15 is 0 Å². The zero-order valence-corrected chi connectivity index (χ0v) is 10.1. The van der Waals surface area contributed by atoms with E-state index in [0.717, 1.165) is 15.6 Å². The predicted octanol–water partition coefficient (Wildman–Crippen LogP) is 2.34. The molecule has 0 spiro atoms. The summed E-state index contributed by atoms with van der Waals surface area (Å²) in [7, 11) is 1.35. The Hall–Kier alpha value is -1.34. The number of esters is 1. The minimum absolute atomic E-state index is 0.194. The summed E-state index contributed by atoms with van der Waals surface area (Å²) >= 11 is 3.32. The Morgan fingerprint density at radius 3 is 2.80 bits per heavy atom. The summed E-state index contributed by atoms with van der Waals surface area (Å²) < 4.78 is 5.34. The smallest absolute Gasteiger partial charge is 0.309 e. The predicted molar refractivity (Wildman–Crippen MR) is 59.3 cm³/mol. The second-order valence-corrected chi connectivity index (χ2v) is 3.93. The lowest BCUT2D eigenvalue weighted by Crippen LogP contribution is -2.05. The number of halogens is 1. The molecule has 0 amide bonds. The molecule has 1 aromatic carbocycles. The summed E-state index contributed by atoms with van der Waals surface area (Å²) in [5.74, 6) is -0.305. The Kier molecular flexibility index (Phi) is 3.87. The van der Waals surface area contributed by atoms with Crippen LogP contribution in [0, 0.1) is 18.3 Å². The van der Waals surface area contributed by atoms with Gasteiger partial charge in [0.1, 0.15) is 6.07 Å². The molecule has 78 valence electrons. The molecule has 0 atom stereocenters. The zero-order chi connectivity index (χ0) is 11.4. The molecular formula is C11H10BrNO2. The van der Waals surface area contributed by atoms with Crippen molar-refractivity contribution in [1.29, 1.82) is 5.26 Å². The van der Waals surface area contributed by atoms with Crippen LogP contribution in [0.1, 0.15) is 16.7 Å². The molecule has 0 aliphatic carbocycles. The maximum Gasteiger partial charge on any atom is 0.309 e. The average molecular weight is 268 g/mol. The third-order valence-electron chi connectivity index (χ3n) is 2.01. The SMILES string of the molecule is COC(=O)Cc1cc(C)c(Br)c(C#N)c1. The van der Waals surface area contributed by atoms with Gasteiger partial charge in [0.2, 0.25) is 0 Å². The Morgan fingerprint density at radius 1 is 1.60 bits per heavy atom. The molecule has 0 saturated heterocycles. The van der Waals surface area contributed by atoms with Gasteiger partial charge in [0.15, 0.2) is 0 Å².